The van der Waals surface area contributed by atoms with E-state index < -0.39 is 128 Å². The number of halogens is 1. The summed E-state index contributed by atoms with van der Waals surface area (Å²) in [6.07, 6.45) is 1.04. The molecular formula is C43H61FN10O17. The Kier molecular flexibility index (Phi) is 26.7. The number of aryl methyl sites for hydroxylation is 1. The van der Waals surface area contributed by atoms with Crippen LogP contribution in [-0.4, -0.2) is 161 Å². The molecule has 0 radical (unpaired) electrons. The standard InChI is InChI=1S/C43H61FN10O17/c44-21-5-6-27-24-54(53-52-27)28-13-9-25(10-14-28)37(61)47-26(11-17-33(55)45-22-3-1-7-29(38(62)63)48-42(70)50-31(40(66)67)15-19-35(57)58)12-18-34(56)46-23-4-2-8-30(39(64)65)49-43(71)51-32(41(68)69)16-20-36(59)60/h9-10,13-14,24,26,29-32H,1-8,11-12,15-23H2,(H,45,55)(H,46,56)(H,47,61)(H,57,58)(H,59,60)(H,62,63)(H,64,65)(H,66,67)(H,68,69)(H2,48,50,70)(H2,49,51,71)/t29-,30-,31-,32-/m0/s1. The van der Waals surface area contributed by atoms with E-state index in [2.05, 4.69) is 36.9 Å². The highest BCUT2D eigenvalue weighted by atomic mass is 19.1. The molecule has 71 heavy (non-hydrogen) atoms. The highest BCUT2D eigenvalue weighted by Gasteiger charge is 2.27. The first kappa shape index (κ1) is 59.2. The summed E-state index contributed by atoms with van der Waals surface area (Å²) >= 11 is 0. The minimum absolute atomic E-state index is 0.0808. The van der Waals surface area contributed by atoms with Gasteiger partial charge in [-0.25, -0.2) is 33.4 Å². The number of aliphatic carboxylic acids is 6. The average Bonchev–Trinajstić information content (AvgIpc) is 3.79. The second kappa shape index (κ2) is 32.0. The quantitative estimate of drug-likeness (QED) is 0.0414. The van der Waals surface area contributed by atoms with Gasteiger partial charge in [-0.05, 0) is 101 Å². The number of carbonyl (C=O) groups is 11. The maximum atomic E-state index is 13.4. The van der Waals surface area contributed by atoms with Crippen LogP contribution in [0, 0.1) is 0 Å². The van der Waals surface area contributed by atoms with Gasteiger partial charge in [0.05, 0.1) is 24.3 Å². The minimum Gasteiger partial charge on any atom is -0.481 e. The van der Waals surface area contributed by atoms with Crippen molar-refractivity contribution in [3.63, 3.8) is 0 Å². The number of urea groups is 2. The van der Waals surface area contributed by atoms with Crippen LogP contribution in [0.15, 0.2) is 30.5 Å². The molecule has 1 heterocycles. The maximum absolute atomic E-state index is 13.4. The fourth-order valence-corrected chi connectivity index (χ4v) is 6.58. The van der Waals surface area contributed by atoms with Crippen LogP contribution in [0.25, 0.3) is 5.69 Å². The van der Waals surface area contributed by atoms with E-state index in [0.29, 0.717) is 17.8 Å². The number of alkyl halides is 1. The fourth-order valence-electron chi connectivity index (χ4n) is 6.58. The summed E-state index contributed by atoms with van der Waals surface area (Å²) in [5, 5.41) is 79.8. The van der Waals surface area contributed by atoms with Gasteiger partial charge in [0, 0.05) is 50.4 Å². The summed E-state index contributed by atoms with van der Waals surface area (Å²) in [5.74, 6) is -9.80. The van der Waals surface area contributed by atoms with Gasteiger partial charge < -0.3 is 67.9 Å². The Hall–Kier alpha value is -7.94. The normalized spacial score (nSPS) is 12.5. The van der Waals surface area contributed by atoms with Crippen molar-refractivity contribution in [2.24, 2.45) is 0 Å². The maximum Gasteiger partial charge on any atom is 0.326 e. The number of nitrogens with one attached hydrogen (secondary N) is 7. The predicted octanol–water partition coefficient (Wildman–Crippen LogP) is 0.542. The van der Waals surface area contributed by atoms with Crippen LogP contribution < -0.4 is 37.2 Å². The van der Waals surface area contributed by atoms with Crippen LogP contribution in [0.5, 0.6) is 0 Å². The zero-order valence-corrected chi connectivity index (χ0v) is 38.6. The Bertz CT molecular complexity index is 2050. The Labute approximate surface area is 405 Å². The summed E-state index contributed by atoms with van der Waals surface area (Å²) < 4.78 is 14.1. The molecule has 0 unspecified atom stereocenters. The lowest BCUT2D eigenvalue weighted by Gasteiger charge is -2.19. The van der Waals surface area contributed by atoms with Crippen molar-refractivity contribution in [1.82, 2.24) is 52.2 Å². The highest BCUT2D eigenvalue weighted by Crippen LogP contribution is 2.13. The average molecular weight is 1010 g/mol. The zero-order chi connectivity index (χ0) is 52.9. The Morgan fingerprint density at radius 1 is 0.521 bits per heavy atom. The largest absolute Gasteiger partial charge is 0.481 e. The molecule has 1 aromatic carbocycles. The number of carbonyl (C=O) groups excluding carboxylic acids is 5. The molecule has 27 nitrogen and oxygen atoms in total. The molecule has 13 N–H and O–H groups in total. The number of benzene rings is 1. The summed E-state index contributed by atoms with van der Waals surface area (Å²) in [6.45, 7) is -0.312. The van der Waals surface area contributed by atoms with Gasteiger partial charge in [-0.2, -0.15) is 0 Å². The molecule has 2 rings (SSSR count). The molecule has 392 valence electrons. The van der Waals surface area contributed by atoms with Gasteiger partial charge in [0.15, 0.2) is 0 Å². The SMILES string of the molecule is O=C(O)CC[C@H](NC(=O)N[C@@H](CCCCNC(=O)CCC(CCC(=O)NCCCC[C@H](NC(=O)N[C@@H](CCC(=O)O)C(=O)O)C(=O)O)NC(=O)c1ccc(-n2cc(CCCF)nn2)cc1)C(=O)O)C(=O)O. The molecule has 0 fully saturated rings. The molecule has 0 aliphatic rings. The van der Waals surface area contributed by atoms with Crippen LogP contribution in [-0.2, 0) is 44.8 Å². The van der Waals surface area contributed by atoms with E-state index in [1.807, 2.05) is 10.6 Å². The third kappa shape index (κ3) is 24.8. The van der Waals surface area contributed by atoms with E-state index in [1.54, 1.807) is 18.3 Å². The van der Waals surface area contributed by atoms with Crippen LogP contribution in [0.4, 0.5) is 14.0 Å². The molecule has 2 aromatic rings. The molecule has 0 saturated heterocycles. The van der Waals surface area contributed by atoms with Gasteiger partial charge in [-0.15, -0.1) is 5.10 Å². The number of hydrogen-bond donors (Lipinski definition) is 13. The van der Waals surface area contributed by atoms with Crippen molar-refractivity contribution < 1.29 is 87.8 Å². The molecular weight excluding hydrogens is 948 g/mol. The molecule has 1 aromatic heterocycles. The van der Waals surface area contributed by atoms with Gasteiger partial charge in [0.1, 0.15) is 24.2 Å². The highest BCUT2D eigenvalue weighted by molar-refractivity contribution is 5.94. The van der Waals surface area contributed by atoms with Gasteiger partial charge in [-0.3, -0.25) is 28.4 Å². The van der Waals surface area contributed by atoms with E-state index in [0.717, 1.165) is 0 Å². The van der Waals surface area contributed by atoms with Gasteiger partial charge in [0.2, 0.25) is 11.8 Å². The van der Waals surface area contributed by atoms with E-state index in [9.17, 15) is 77.6 Å². The van der Waals surface area contributed by atoms with Crippen molar-refractivity contribution in [3.05, 3.63) is 41.7 Å². The monoisotopic (exact) mass is 1010 g/mol. The number of aromatic nitrogens is 3. The number of amides is 7. The van der Waals surface area contributed by atoms with Crippen molar-refractivity contribution in [2.75, 3.05) is 19.8 Å². The van der Waals surface area contributed by atoms with Gasteiger partial charge in [-0.1, -0.05) is 5.21 Å². The second-order valence-electron chi connectivity index (χ2n) is 16.1. The smallest absolute Gasteiger partial charge is 0.326 e. The topological polar surface area (TPSA) is 424 Å². The first-order valence-electron chi connectivity index (χ1n) is 22.6. The van der Waals surface area contributed by atoms with Crippen LogP contribution in [0.1, 0.15) is 112 Å². The lowest BCUT2D eigenvalue weighted by atomic mass is 10.0. The molecule has 0 aliphatic carbocycles. The van der Waals surface area contributed by atoms with Crippen LogP contribution in [0.2, 0.25) is 0 Å². The number of unbranched alkanes of at least 4 members (excludes halogenated alkanes) is 2. The summed E-state index contributed by atoms with van der Waals surface area (Å²) in [4.78, 5) is 132. The van der Waals surface area contributed by atoms with Crippen molar-refractivity contribution in [1.29, 1.82) is 0 Å². The van der Waals surface area contributed by atoms with Crippen LogP contribution >= 0.6 is 0 Å². The third-order valence-corrected chi connectivity index (χ3v) is 10.5. The minimum atomic E-state index is -1.57. The second-order valence-corrected chi connectivity index (χ2v) is 16.1. The first-order valence-corrected chi connectivity index (χ1v) is 22.6. The lowest BCUT2D eigenvalue weighted by Crippen LogP contribution is -2.51. The van der Waals surface area contributed by atoms with E-state index in [4.69, 9.17) is 10.2 Å². The molecule has 0 aliphatic heterocycles. The number of rotatable bonds is 36. The van der Waals surface area contributed by atoms with Crippen molar-refractivity contribution in [3.8, 4) is 5.69 Å². The predicted molar refractivity (Wildman–Crippen MR) is 242 cm³/mol. The third-order valence-electron chi connectivity index (χ3n) is 10.5. The Morgan fingerprint density at radius 2 is 0.944 bits per heavy atom. The Morgan fingerprint density at radius 3 is 1.34 bits per heavy atom. The summed E-state index contributed by atoms with van der Waals surface area (Å²) in [5.41, 5.74) is 1.40. The van der Waals surface area contributed by atoms with E-state index in [-0.39, 0.29) is 89.3 Å². The number of carboxylic acid groups (broad SMARTS) is 6. The molecule has 0 bridgehead atoms. The first-order chi connectivity index (χ1) is 33.7. The number of nitrogens with zero attached hydrogens (tertiary/aromatic N) is 3. The van der Waals surface area contributed by atoms with Gasteiger partial charge in [0.25, 0.3) is 5.91 Å². The molecule has 28 heteroatoms. The lowest BCUT2D eigenvalue weighted by molar-refractivity contribution is -0.142. The molecule has 0 saturated carbocycles. The fraction of sp³-hybridized carbons (Fsp3) is 0.558. The van der Waals surface area contributed by atoms with E-state index >= 15 is 0 Å². The summed E-state index contributed by atoms with van der Waals surface area (Å²) in [7, 11) is 0. The van der Waals surface area contributed by atoms with Crippen molar-refractivity contribution in [2.45, 2.75) is 133 Å². The van der Waals surface area contributed by atoms with Crippen LogP contribution in [0.3, 0.4) is 0 Å². The molecule has 4 atom stereocenters. The van der Waals surface area contributed by atoms with E-state index in [1.165, 1.54) is 16.8 Å². The van der Waals surface area contributed by atoms with Crippen molar-refractivity contribution >= 4 is 65.6 Å². The van der Waals surface area contributed by atoms with Gasteiger partial charge >= 0.3 is 47.9 Å². The molecule has 7 amide bonds. The zero-order valence-electron chi connectivity index (χ0n) is 38.6. The summed E-state index contributed by atoms with van der Waals surface area (Å²) in [6, 6.07) is -2.67. The number of carboxylic acids is 6. The number of hydrogen-bond acceptors (Lipinski definition) is 13. The Balaban J connectivity index is 1.96. The molecule has 0 spiro atoms.